The molecule has 0 aliphatic rings. The number of carbonyl (C=O) groups excluding carboxylic acids is 4. The summed E-state index contributed by atoms with van der Waals surface area (Å²) in [6.45, 7) is 5.24. The van der Waals surface area contributed by atoms with E-state index in [1.807, 2.05) is 39.0 Å². The van der Waals surface area contributed by atoms with Gasteiger partial charge in [0.1, 0.15) is 13.2 Å². The molecule has 0 radical (unpaired) electrons. The highest BCUT2D eigenvalue weighted by Crippen LogP contribution is 2.36. The molecule has 2 rings (SSSR count). The molecule has 0 bridgehead atoms. The van der Waals surface area contributed by atoms with Gasteiger partial charge in [-0.25, -0.2) is 9.59 Å². The van der Waals surface area contributed by atoms with Crippen molar-refractivity contribution in [1.29, 1.82) is 0 Å². The van der Waals surface area contributed by atoms with Crippen molar-refractivity contribution in [2.24, 2.45) is 5.41 Å². The van der Waals surface area contributed by atoms with Gasteiger partial charge in [0.2, 0.25) is 5.91 Å². The molecular weight excluding hydrogens is 468 g/mol. The third-order valence-corrected chi connectivity index (χ3v) is 4.73. The van der Waals surface area contributed by atoms with Gasteiger partial charge >= 0.3 is 18.0 Å². The Hall–Kier alpha value is -4.08. The first-order valence-corrected chi connectivity index (χ1v) is 11.3. The van der Waals surface area contributed by atoms with Gasteiger partial charge in [0.25, 0.3) is 0 Å². The molecule has 0 atom stereocenters. The summed E-state index contributed by atoms with van der Waals surface area (Å²) in [7, 11) is 1.22. The van der Waals surface area contributed by atoms with Gasteiger partial charge in [-0.15, -0.1) is 0 Å². The number of esters is 2. The van der Waals surface area contributed by atoms with Crippen molar-refractivity contribution >= 4 is 29.6 Å². The van der Waals surface area contributed by atoms with Crippen LogP contribution < -0.4 is 20.1 Å². The number of rotatable bonds is 11. The van der Waals surface area contributed by atoms with E-state index in [4.69, 9.17) is 14.2 Å². The molecule has 10 nitrogen and oxygen atoms in total. The number of anilines is 1. The lowest BCUT2D eigenvalue weighted by molar-refractivity contribution is -0.142. The molecule has 2 amide bonds. The number of ether oxygens (including phenoxy) is 4. The Bertz CT molecular complexity index is 1050. The minimum Gasteiger partial charge on any atom is -0.478 e. The third-order valence-electron chi connectivity index (χ3n) is 4.73. The van der Waals surface area contributed by atoms with Crippen LogP contribution in [0.2, 0.25) is 0 Å². The zero-order valence-electron chi connectivity index (χ0n) is 20.9. The molecule has 194 valence electrons. The SMILES string of the molecule is COC(=O)COc1cccc(NC(=O)CNC(=O)OCc2ccccc2)c1OC(=O)CCC(C)(C)C. The minimum absolute atomic E-state index is 0.0553. The molecule has 0 aliphatic carbocycles. The molecular formula is C26H32N2O8. The van der Waals surface area contributed by atoms with Crippen LogP contribution in [0.25, 0.3) is 0 Å². The standard InChI is InChI=1S/C26H32N2O8/c1-26(2,3)14-13-22(30)36-24-19(11-8-12-20(24)34-17-23(31)33-4)28-21(29)15-27-25(32)35-16-18-9-6-5-7-10-18/h5-12H,13-17H2,1-4H3,(H,27,32)(H,28,29). The van der Waals surface area contributed by atoms with E-state index in [-0.39, 0.29) is 35.6 Å². The fourth-order valence-electron chi connectivity index (χ4n) is 2.79. The summed E-state index contributed by atoms with van der Waals surface area (Å²) >= 11 is 0. The second kappa shape index (κ2) is 13.7. The van der Waals surface area contributed by atoms with E-state index in [9.17, 15) is 19.2 Å². The monoisotopic (exact) mass is 500 g/mol. The number of carbonyl (C=O) groups is 4. The van der Waals surface area contributed by atoms with Crippen LogP contribution in [0.4, 0.5) is 10.5 Å². The number of para-hydroxylation sites is 1. The second-order valence-corrected chi connectivity index (χ2v) is 9.00. The Morgan fingerprint density at radius 3 is 2.31 bits per heavy atom. The predicted octanol–water partition coefficient (Wildman–Crippen LogP) is 3.84. The maximum atomic E-state index is 12.5. The van der Waals surface area contributed by atoms with Gasteiger partial charge in [0.15, 0.2) is 18.1 Å². The van der Waals surface area contributed by atoms with E-state index in [1.165, 1.54) is 19.2 Å². The second-order valence-electron chi connectivity index (χ2n) is 9.00. The first kappa shape index (κ1) is 28.2. The zero-order chi connectivity index (χ0) is 26.6. The van der Waals surface area contributed by atoms with Crippen LogP contribution in [-0.2, 0) is 30.5 Å². The van der Waals surface area contributed by atoms with Crippen LogP contribution >= 0.6 is 0 Å². The molecule has 0 saturated carbocycles. The Balaban J connectivity index is 2.03. The summed E-state index contributed by atoms with van der Waals surface area (Å²) in [6, 6.07) is 13.6. The average Bonchev–Trinajstić information content (AvgIpc) is 2.85. The fourth-order valence-corrected chi connectivity index (χ4v) is 2.79. The van der Waals surface area contributed by atoms with Crippen LogP contribution in [0.5, 0.6) is 11.5 Å². The van der Waals surface area contributed by atoms with Crippen LogP contribution in [0.3, 0.4) is 0 Å². The molecule has 0 aliphatic heterocycles. The minimum atomic E-state index is -0.766. The molecule has 2 aromatic rings. The van der Waals surface area contributed by atoms with Gasteiger partial charge in [-0.2, -0.15) is 0 Å². The number of alkyl carbamates (subject to hydrolysis) is 1. The van der Waals surface area contributed by atoms with Gasteiger partial charge in [-0.05, 0) is 29.5 Å². The molecule has 0 fully saturated rings. The highest BCUT2D eigenvalue weighted by atomic mass is 16.6. The first-order chi connectivity index (χ1) is 17.1. The molecule has 0 saturated heterocycles. The Morgan fingerprint density at radius 1 is 0.917 bits per heavy atom. The first-order valence-electron chi connectivity index (χ1n) is 11.3. The summed E-state index contributed by atoms with van der Waals surface area (Å²) in [6.07, 6.45) is -0.0527. The van der Waals surface area contributed by atoms with Crippen molar-refractivity contribution in [1.82, 2.24) is 5.32 Å². The summed E-state index contributed by atoms with van der Waals surface area (Å²) in [5, 5.41) is 4.94. The molecule has 36 heavy (non-hydrogen) atoms. The van der Waals surface area contributed by atoms with Crippen molar-refractivity contribution in [3.8, 4) is 11.5 Å². The number of benzene rings is 2. The van der Waals surface area contributed by atoms with E-state index >= 15 is 0 Å². The highest BCUT2D eigenvalue weighted by molar-refractivity contribution is 5.96. The molecule has 0 heterocycles. The summed E-state index contributed by atoms with van der Waals surface area (Å²) < 4.78 is 20.6. The van der Waals surface area contributed by atoms with Gasteiger partial charge in [-0.3, -0.25) is 9.59 Å². The Kier molecular flexibility index (Phi) is 10.7. The largest absolute Gasteiger partial charge is 0.478 e. The van der Waals surface area contributed by atoms with Crippen LogP contribution in [0.15, 0.2) is 48.5 Å². The Labute approximate surface area is 210 Å². The Morgan fingerprint density at radius 2 is 1.64 bits per heavy atom. The van der Waals surface area contributed by atoms with Crippen molar-refractivity contribution in [3.63, 3.8) is 0 Å². The van der Waals surface area contributed by atoms with Gasteiger partial charge in [0.05, 0.1) is 12.8 Å². The number of methoxy groups -OCH3 is 1. The molecule has 2 N–H and O–H groups in total. The average molecular weight is 501 g/mol. The van der Waals surface area contributed by atoms with Crippen molar-refractivity contribution < 1.29 is 38.1 Å². The third kappa shape index (κ3) is 10.5. The quantitative estimate of drug-likeness (QED) is 0.352. The van der Waals surface area contributed by atoms with E-state index in [2.05, 4.69) is 15.4 Å². The zero-order valence-corrected chi connectivity index (χ0v) is 20.9. The number of hydrogen-bond acceptors (Lipinski definition) is 8. The molecule has 2 aromatic carbocycles. The van der Waals surface area contributed by atoms with Gasteiger partial charge in [0, 0.05) is 6.42 Å². The fraction of sp³-hybridized carbons (Fsp3) is 0.385. The van der Waals surface area contributed by atoms with E-state index in [1.54, 1.807) is 18.2 Å². The van der Waals surface area contributed by atoms with Crippen LogP contribution in [0.1, 0.15) is 39.2 Å². The lowest BCUT2D eigenvalue weighted by atomic mass is 9.91. The lowest BCUT2D eigenvalue weighted by Crippen LogP contribution is -2.33. The van der Waals surface area contributed by atoms with Crippen LogP contribution in [0, 0.1) is 5.41 Å². The van der Waals surface area contributed by atoms with Crippen molar-refractivity contribution in [2.45, 2.75) is 40.2 Å². The summed E-state index contributed by atoms with van der Waals surface area (Å²) in [4.78, 5) is 48.4. The van der Waals surface area contributed by atoms with Gasteiger partial charge < -0.3 is 29.6 Å². The molecule has 10 heteroatoms. The van der Waals surface area contributed by atoms with Crippen molar-refractivity contribution in [2.75, 3.05) is 25.6 Å². The highest BCUT2D eigenvalue weighted by Gasteiger charge is 2.20. The summed E-state index contributed by atoms with van der Waals surface area (Å²) in [5.41, 5.74) is 0.849. The van der Waals surface area contributed by atoms with E-state index in [0.29, 0.717) is 6.42 Å². The lowest BCUT2D eigenvalue weighted by Gasteiger charge is -2.19. The smallest absolute Gasteiger partial charge is 0.407 e. The maximum absolute atomic E-state index is 12.5. The topological polar surface area (TPSA) is 129 Å². The molecule has 0 spiro atoms. The van der Waals surface area contributed by atoms with E-state index < -0.39 is 37.1 Å². The molecule has 0 unspecified atom stereocenters. The van der Waals surface area contributed by atoms with Crippen molar-refractivity contribution in [3.05, 3.63) is 54.1 Å². The normalized spacial score (nSPS) is 10.7. The maximum Gasteiger partial charge on any atom is 0.407 e. The molecule has 0 aromatic heterocycles. The number of hydrogen-bond donors (Lipinski definition) is 2. The number of nitrogens with one attached hydrogen (secondary N) is 2. The number of amides is 2. The van der Waals surface area contributed by atoms with E-state index in [0.717, 1.165) is 5.56 Å². The van der Waals surface area contributed by atoms with Crippen LogP contribution in [-0.4, -0.2) is 44.2 Å². The predicted molar refractivity (Wildman–Crippen MR) is 132 cm³/mol. The van der Waals surface area contributed by atoms with Gasteiger partial charge in [-0.1, -0.05) is 57.2 Å². The summed E-state index contributed by atoms with van der Waals surface area (Å²) in [5.74, 6) is -1.74.